The Morgan fingerprint density at radius 3 is 2.67 bits per heavy atom. The van der Waals surface area contributed by atoms with Crippen LogP contribution in [0.4, 0.5) is 0 Å². The molecule has 18 heavy (non-hydrogen) atoms. The number of thiazole rings is 1. The smallest absolute Gasteiger partial charge is 0.0948 e. The van der Waals surface area contributed by atoms with E-state index in [1.165, 1.54) is 26.6 Å². The second kappa shape index (κ2) is 5.63. The molecule has 0 atom stereocenters. The van der Waals surface area contributed by atoms with Gasteiger partial charge >= 0.3 is 0 Å². The van der Waals surface area contributed by atoms with E-state index in [1.54, 1.807) is 0 Å². The van der Waals surface area contributed by atoms with Crippen molar-refractivity contribution in [2.24, 2.45) is 0 Å². The molecule has 3 heteroatoms. The second-order valence-corrected chi connectivity index (χ2v) is 5.97. The summed E-state index contributed by atoms with van der Waals surface area (Å²) in [5.41, 5.74) is 5.04. The first-order valence-electron chi connectivity index (χ1n) is 6.30. The normalized spacial score (nSPS) is 10.9. The van der Waals surface area contributed by atoms with Gasteiger partial charge in [-0.05, 0) is 33.4 Å². The van der Waals surface area contributed by atoms with E-state index < -0.39 is 0 Å². The van der Waals surface area contributed by atoms with E-state index in [2.05, 4.69) is 44.3 Å². The molecule has 0 spiro atoms. The average molecular weight is 260 g/mol. The Hall–Kier alpha value is -1.19. The molecular weight excluding hydrogens is 240 g/mol. The molecule has 1 aromatic heterocycles. The van der Waals surface area contributed by atoms with Crippen LogP contribution in [0.5, 0.6) is 0 Å². The summed E-state index contributed by atoms with van der Waals surface area (Å²) in [5.74, 6) is 0. The van der Waals surface area contributed by atoms with Gasteiger partial charge in [-0.2, -0.15) is 0 Å². The average Bonchev–Trinajstić information content (AvgIpc) is 2.68. The molecule has 0 aliphatic carbocycles. The highest BCUT2D eigenvalue weighted by Gasteiger charge is 2.11. The molecule has 1 heterocycles. The third-order valence-corrected chi connectivity index (χ3v) is 4.10. The summed E-state index contributed by atoms with van der Waals surface area (Å²) in [7, 11) is 1.98. The van der Waals surface area contributed by atoms with Crippen LogP contribution >= 0.6 is 11.3 Å². The summed E-state index contributed by atoms with van der Waals surface area (Å²) in [6, 6.07) is 6.57. The lowest BCUT2D eigenvalue weighted by Gasteiger charge is -2.05. The summed E-state index contributed by atoms with van der Waals surface area (Å²) in [6.07, 6.45) is 1.01. The quantitative estimate of drug-likeness (QED) is 0.910. The Morgan fingerprint density at radius 1 is 1.22 bits per heavy atom. The first-order valence-corrected chi connectivity index (χ1v) is 7.12. The lowest BCUT2D eigenvalue weighted by Crippen LogP contribution is -2.09. The lowest BCUT2D eigenvalue weighted by molar-refractivity contribution is 0.788. The predicted molar refractivity (Wildman–Crippen MR) is 79.4 cm³/mol. The van der Waals surface area contributed by atoms with Crippen LogP contribution in [0.25, 0.3) is 11.3 Å². The molecule has 0 saturated heterocycles. The summed E-state index contributed by atoms with van der Waals surface area (Å²) in [5, 5.41) is 4.39. The Labute approximate surface area is 113 Å². The Morgan fingerprint density at radius 2 is 2.00 bits per heavy atom. The molecule has 1 aromatic carbocycles. The van der Waals surface area contributed by atoms with Crippen molar-refractivity contribution in [3.63, 3.8) is 0 Å². The number of benzene rings is 1. The third-order valence-electron chi connectivity index (χ3n) is 3.07. The number of hydrogen-bond acceptors (Lipinski definition) is 3. The van der Waals surface area contributed by atoms with Gasteiger partial charge in [0.05, 0.1) is 10.7 Å². The Kier molecular flexibility index (Phi) is 4.15. The summed E-state index contributed by atoms with van der Waals surface area (Å²) < 4.78 is 0. The van der Waals surface area contributed by atoms with Crippen LogP contribution in [0.2, 0.25) is 0 Å². The van der Waals surface area contributed by atoms with Gasteiger partial charge in [-0.15, -0.1) is 11.3 Å². The van der Waals surface area contributed by atoms with Crippen molar-refractivity contribution < 1.29 is 0 Å². The van der Waals surface area contributed by atoms with Crippen molar-refractivity contribution >= 4 is 11.3 Å². The highest BCUT2D eigenvalue weighted by Crippen LogP contribution is 2.30. The highest BCUT2D eigenvalue weighted by atomic mass is 32.1. The zero-order valence-electron chi connectivity index (χ0n) is 11.5. The number of nitrogens with zero attached hydrogens (tertiary/aromatic N) is 1. The maximum absolute atomic E-state index is 4.79. The van der Waals surface area contributed by atoms with E-state index in [1.807, 2.05) is 18.4 Å². The molecule has 2 rings (SSSR count). The van der Waals surface area contributed by atoms with Gasteiger partial charge < -0.3 is 5.32 Å². The molecular formula is C15H20N2S. The topological polar surface area (TPSA) is 24.9 Å². The minimum atomic E-state index is 0.985. The fourth-order valence-electron chi connectivity index (χ4n) is 2.12. The van der Waals surface area contributed by atoms with E-state index in [4.69, 9.17) is 4.98 Å². The van der Waals surface area contributed by atoms with Gasteiger partial charge in [0.15, 0.2) is 0 Å². The molecule has 0 unspecified atom stereocenters. The molecule has 0 radical (unpaired) electrons. The van der Waals surface area contributed by atoms with Gasteiger partial charge in [-0.25, -0.2) is 4.98 Å². The largest absolute Gasteiger partial charge is 0.319 e. The van der Waals surface area contributed by atoms with Crippen molar-refractivity contribution in [3.8, 4) is 11.3 Å². The van der Waals surface area contributed by atoms with Crippen LogP contribution in [0, 0.1) is 20.8 Å². The summed E-state index contributed by atoms with van der Waals surface area (Å²) in [6.45, 7) is 7.44. The van der Waals surface area contributed by atoms with Crippen LogP contribution in [0.15, 0.2) is 18.2 Å². The van der Waals surface area contributed by atoms with Crippen LogP contribution in [0.1, 0.15) is 21.0 Å². The van der Waals surface area contributed by atoms with E-state index in [9.17, 15) is 0 Å². The molecule has 0 bridgehead atoms. The third kappa shape index (κ3) is 2.79. The van der Waals surface area contributed by atoms with Gasteiger partial charge in [0.2, 0.25) is 0 Å². The van der Waals surface area contributed by atoms with E-state index >= 15 is 0 Å². The number of likely N-dealkylation sites (N-methyl/N-ethyl adjacent to an activating group) is 1. The fourth-order valence-corrected chi connectivity index (χ4v) is 3.07. The van der Waals surface area contributed by atoms with Crippen molar-refractivity contribution in [3.05, 3.63) is 39.2 Å². The van der Waals surface area contributed by atoms with E-state index in [0.717, 1.165) is 18.7 Å². The summed E-state index contributed by atoms with van der Waals surface area (Å²) in [4.78, 5) is 6.10. The van der Waals surface area contributed by atoms with Crippen molar-refractivity contribution in [2.45, 2.75) is 27.2 Å². The number of nitrogens with one attached hydrogen (secondary N) is 1. The molecule has 2 aromatic rings. The minimum Gasteiger partial charge on any atom is -0.319 e. The first kappa shape index (κ1) is 13.2. The number of rotatable bonds is 4. The zero-order chi connectivity index (χ0) is 13.1. The Balaban J connectivity index is 2.35. The van der Waals surface area contributed by atoms with Crippen LogP contribution < -0.4 is 5.32 Å². The molecule has 0 saturated carbocycles. The van der Waals surface area contributed by atoms with Crippen molar-refractivity contribution in [1.82, 2.24) is 10.3 Å². The molecule has 0 fully saturated rings. The second-order valence-electron chi connectivity index (χ2n) is 4.68. The van der Waals surface area contributed by atoms with Gasteiger partial charge in [-0.1, -0.05) is 23.8 Å². The van der Waals surface area contributed by atoms with Gasteiger partial charge in [0, 0.05) is 23.4 Å². The lowest BCUT2D eigenvalue weighted by atomic mass is 10.0. The molecule has 0 amide bonds. The zero-order valence-corrected chi connectivity index (χ0v) is 12.3. The molecule has 0 aliphatic rings. The fraction of sp³-hybridized carbons (Fsp3) is 0.400. The van der Waals surface area contributed by atoms with Crippen LogP contribution in [-0.2, 0) is 6.42 Å². The van der Waals surface area contributed by atoms with E-state index in [0.29, 0.717) is 0 Å². The molecule has 0 aliphatic heterocycles. The summed E-state index contributed by atoms with van der Waals surface area (Å²) >= 11 is 1.81. The van der Waals surface area contributed by atoms with Gasteiger partial charge in [0.1, 0.15) is 0 Å². The van der Waals surface area contributed by atoms with Crippen LogP contribution in [0.3, 0.4) is 0 Å². The molecule has 2 nitrogen and oxygen atoms in total. The predicted octanol–water partition coefficient (Wildman–Crippen LogP) is 3.50. The minimum absolute atomic E-state index is 0.985. The first-order chi connectivity index (χ1) is 8.61. The van der Waals surface area contributed by atoms with Crippen molar-refractivity contribution in [1.29, 1.82) is 0 Å². The number of aryl methyl sites for hydroxylation is 3. The number of hydrogen-bond donors (Lipinski definition) is 1. The Bertz CT molecular complexity index is 543. The molecule has 96 valence electrons. The van der Waals surface area contributed by atoms with Gasteiger partial charge in [-0.3, -0.25) is 0 Å². The SMILES string of the molecule is CNCCc1nc(-c2ccc(C)cc2C)c(C)s1. The van der Waals surface area contributed by atoms with Crippen molar-refractivity contribution in [2.75, 3.05) is 13.6 Å². The standard InChI is InChI=1S/C15H20N2S/c1-10-5-6-13(11(2)9-10)15-12(3)18-14(17-15)7-8-16-4/h5-6,9,16H,7-8H2,1-4H3. The maximum atomic E-state index is 4.79. The molecule has 1 N–H and O–H groups in total. The number of aromatic nitrogens is 1. The van der Waals surface area contributed by atoms with Gasteiger partial charge in [0.25, 0.3) is 0 Å². The maximum Gasteiger partial charge on any atom is 0.0948 e. The van der Waals surface area contributed by atoms with E-state index in [-0.39, 0.29) is 0 Å². The monoisotopic (exact) mass is 260 g/mol. The highest BCUT2D eigenvalue weighted by molar-refractivity contribution is 7.12. The van der Waals surface area contributed by atoms with Crippen LogP contribution in [-0.4, -0.2) is 18.6 Å².